The van der Waals surface area contributed by atoms with Crippen LogP contribution in [-0.4, -0.2) is 52.3 Å². The number of morpholine rings is 1. The topological polar surface area (TPSA) is 118 Å². The summed E-state index contributed by atoms with van der Waals surface area (Å²) in [6.45, 7) is 9.86. The van der Waals surface area contributed by atoms with Crippen LogP contribution in [0.1, 0.15) is 59.2 Å². The van der Waals surface area contributed by atoms with Gasteiger partial charge in [0.1, 0.15) is 5.82 Å². The second-order valence-electron chi connectivity index (χ2n) is 11.9. The Morgan fingerprint density at radius 1 is 0.952 bits per heavy atom. The van der Waals surface area contributed by atoms with Crippen molar-refractivity contribution in [2.75, 3.05) is 41.8 Å². The summed E-state index contributed by atoms with van der Waals surface area (Å²) in [6.07, 6.45) is 0.479. The molecule has 216 valence electrons. The third-order valence-corrected chi connectivity index (χ3v) is 7.99. The van der Waals surface area contributed by atoms with Gasteiger partial charge in [0, 0.05) is 41.9 Å². The molecule has 1 saturated heterocycles. The Morgan fingerprint density at radius 3 is 2.43 bits per heavy atom. The van der Waals surface area contributed by atoms with Crippen molar-refractivity contribution in [3.8, 4) is 11.4 Å². The van der Waals surface area contributed by atoms with Crippen LogP contribution in [0, 0.1) is 0 Å². The van der Waals surface area contributed by atoms with Crippen LogP contribution in [0.25, 0.3) is 11.4 Å². The number of aliphatic hydroxyl groups excluding tert-OH is 1. The summed E-state index contributed by atoms with van der Waals surface area (Å²) in [5, 5.41) is 10.5. The van der Waals surface area contributed by atoms with E-state index in [9.17, 15) is 9.90 Å². The number of nitrogen functional groups attached to an aromatic ring is 1. The molecule has 0 aliphatic carbocycles. The normalized spacial score (nSPS) is 15.3. The molecule has 42 heavy (non-hydrogen) atoms. The first-order valence-corrected chi connectivity index (χ1v) is 14.3. The van der Waals surface area contributed by atoms with Gasteiger partial charge in [-0.15, -0.1) is 0 Å². The maximum absolute atomic E-state index is 13.5. The number of nitrogens with zero attached hydrogens (tertiary/aromatic N) is 5. The summed E-state index contributed by atoms with van der Waals surface area (Å²) in [6, 6.07) is 20.0. The fraction of sp³-hybridized carbons (Fsp3) is 0.333. The summed E-state index contributed by atoms with van der Waals surface area (Å²) in [5.41, 5.74) is 13.0. The monoisotopic (exact) mass is 564 g/mol. The van der Waals surface area contributed by atoms with Crippen molar-refractivity contribution in [1.82, 2.24) is 15.0 Å². The van der Waals surface area contributed by atoms with E-state index in [1.807, 2.05) is 30.3 Å². The molecule has 0 atom stereocenters. The quantitative estimate of drug-likeness (QED) is 0.352. The van der Waals surface area contributed by atoms with E-state index in [2.05, 4.69) is 66.0 Å². The number of aliphatic hydroxyl groups is 1. The summed E-state index contributed by atoms with van der Waals surface area (Å²) >= 11 is 0. The average molecular weight is 565 g/mol. The fourth-order valence-corrected chi connectivity index (χ4v) is 5.65. The van der Waals surface area contributed by atoms with E-state index in [4.69, 9.17) is 15.5 Å². The second kappa shape index (κ2) is 11.2. The van der Waals surface area contributed by atoms with E-state index < -0.39 is 0 Å². The van der Waals surface area contributed by atoms with Crippen molar-refractivity contribution in [3.63, 3.8) is 0 Å². The number of hydrogen-bond acceptors (Lipinski definition) is 8. The highest BCUT2D eigenvalue weighted by Crippen LogP contribution is 2.36. The molecule has 0 bridgehead atoms. The molecule has 0 spiro atoms. The van der Waals surface area contributed by atoms with Gasteiger partial charge < -0.3 is 25.4 Å². The highest BCUT2D eigenvalue weighted by Gasteiger charge is 2.32. The van der Waals surface area contributed by atoms with Gasteiger partial charge in [-0.3, -0.25) is 4.79 Å². The number of aromatic nitrogens is 3. The number of rotatable bonds is 6. The summed E-state index contributed by atoms with van der Waals surface area (Å²) in [7, 11) is 0. The van der Waals surface area contributed by atoms with Crippen molar-refractivity contribution < 1.29 is 14.6 Å². The van der Waals surface area contributed by atoms with Gasteiger partial charge in [0.25, 0.3) is 5.91 Å². The molecule has 1 amide bonds. The molecule has 1 aromatic heterocycles. The molecular weight excluding hydrogens is 528 g/mol. The Kier molecular flexibility index (Phi) is 7.38. The third-order valence-electron chi connectivity index (χ3n) is 7.99. The molecule has 2 aliphatic rings. The minimum Gasteiger partial charge on any atom is -0.392 e. The van der Waals surface area contributed by atoms with Crippen LogP contribution < -0.4 is 15.5 Å². The van der Waals surface area contributed by atoms with Crippen molar-refractivity contribution in [3.05, 3.63) is 94.3 Å². The number of hydrogen-bond donors (Lipinski definition) is 2. The lowest BCUT2D eigenvalue weighted by Gasteiger charge is -2.28. The first-order chi connectivity index (χ1) is 20.2. The number of carbonyl (C=O) groups excluding carboxylic acids is 1. The van der Waals surface area contributed by atoms with Gasteiger partial charge in [-0.05, 0) is 46.4 Å². The molecule has 0 radical (unpaired) electrons. The molecule has 3 heterocycles. The van der Waals surface area contributed by atoms with E-state index in [1.54, 1.807) is 4.90 Å². The van der Waals surface area contributed by atoms with Gasteiger partial charge in [0.15, 0.2) is 5.82 Å². The van der Waals surface area contributed by atoms with E-state index in [0.29, 0.717) is 47.0 Å². The van der Waals surface area contributed by atoms with Gasteiger partial charge in [-0.25, -0.2) is 4.98 Å². The molecule has 9 heteroatoms. The Bertz CT molecular complexity index is 1620. The first kappa shape index (κ1) is 27.8. The van der Waals surface area contributed by atoms with Gasteiger partial charge in [-0.2, -0.15) is 9.97 Å². The van der Waals surface area contributed by atoms with Crippen LogP contribution in [0.15, 0.2) is 60.7 Å². The number of benzene rings is 3. The molecule has 0 saturated carbocycles. The van der Waals surface area contributed by atoms with E-state index >= 15 is 0 Å². The predicted octanol–water partition coefficient (Wildman–Crippen LogP) is 4.50. The van der Waals surface area contributed by atoms with Crippen molar-refractivity contribution in [2.45, 2.75) is 45.8 Å². The van der Waals surface area contributed by atoms with E-state index in [1.165, 1.54) is 5.56 Å². The SMILES string of the molecule is CC(C)(C)c1ccc2c(c1)CN(c1cccc(-c3nc(N)nc(Cc4ccc(N5CCOCC5)cc4)n3)c1CO)C2=O. The number of nitrogens with two attached hydrogens (primary N) is 1. The zero-order valence-electron chi connectivity index (χ0n) is 24.3. The average Bonchev–Trinajstić information content (AvgIpc) is 3.32. The highest BCUT2D eigenvalue weighted by atomic mass is 16.5. The van der Waals surface area contributed by atoms with E-state index in [-0.39, 0.29) is 23.9 Å². The van der Waals surface area contributed by atoms with Crippen LogP contribution in [0.3, 0.4) is 0 Å². The van der Waals surface area contributed by atoms with Gasteiger partial charge in [-0.1, -0.05) is 57.2 Å². The minimum atomic E-state index is -0.289. The molecular formula is C33H36N6O3. The molecule has 3 aromatic carbocycles. The highest BCUT2D eigenvalue weighted by molar-refractivity contribution is 6.10. The van der Waals surface area contributed by atoms with E-state index in [0.717, 1.165) is 43.1 Å². The van der Waals surface area contributed by atoms with Crippen LogP contribution in [0.5, 0.6) is 0 Å². The second-order valence-corrected chi connectivity index (χ2v) is 11.9. The van der Waals surface area contributed by atoms with Gasteiger partial charge in [0.05, 0.1) is 32.1 Å². The molecule has 6 rings (SSSR count). The predicted molar refractivity (Wildman–Crippen MR) is 164 cm³/mol. The number of carbonyl (C=O) groups is 1. The molecule has 9 nitrogen and oxygen atoms in total. The van der Waals surface area contributed by atoms with Crippen LogP contribution in [0.2, 0.25) is 0 Å². The lowest BCUT2D eigenvalue weighted by atomic mass is 9.85. The van der Waals surface area contributed by atoms with Crippen LogP contribution in [-0.2, 0) is 29.7 Å². The molecule has 1 fully saturated rings. The van der Waals surface area contributed by atoms with Crippen LogP contribution >= 0.6 is 0 Å². The van der Waals surface area contributed by atoms with Crippen molar-refractivity contribution in [1.29, 1.82) is 0 Å². The lowest BCUT2D eigenvalue weighted by Crippen LogP contribution is -2.36. The molecule has 0 unspecified atom stereocenters. The zero-order valence-corrected chi connectivity index (χ0v) is 24.3. The zero-order chi connectivity index (χ0) is 29.4. The standard InChI is InChI=1S/C33H36N6O3/c1-33(2,3)23-9-12-25-22(18-23)19-39(31(25)41)28-6-4-5-26(27(28)20-40)30-35-29(36-32(34)37-30)17-21-7-10-24(11-8-21)38-13-15-42-16-14-38/h4-12,18,40H,13-17,19-20H2,1-3H3,(H2,34,35,36,37). The number of anilines is 3. The number of amides is 1. The lowest BCUT2D eigenvalue weighted by molar-refractivity contribution is 0.0996. The molecule has 2 aliphatic heterocycles. The number of ether oxygens (including phenoxy) is 1. The largest absolute Gasteiger partial charge is 0.392 e. The van der Waals surface area contributed by atoms with Crippen molar-refractivity contribution >= 4 is 23.2 Å². The number of fused-ring (bicyclic) bond motifs is 1. The molecule has 4 aromatic rings. The Labute approximate surface area is 246 Å². The van der Waals surface area contributed by atoms with Crippen molar-refractivity contribution in [2.24, 2.45) is 0 Å². The fourth-order valence-electron chi connectivity index (χ4n) is 5.65. The summed E-state index contributed by atoms with van der Waals surface area (Å²) < 4.78 is 5.46. The Morgan fingerprint density at radius 2 is 1.71 bits per heavy atom. The molecule has 3 N–H and O–H groups in total. The first-order valence-electron chi connectivity index (χ1n) is 14.3. The van der Waals surface area contributed by atoms with Crippen LogP contribution in [0.4, 0.5) is 17.3 Å². The maximum Gasteiger partial charge on any atom is 0.258 e. The summed E-state index contributed by atoms with van der Waals surface area (Å²) in [5.74, 6) is 0.917. The summed E-state index contributed by atoms with van der Waals surface area (Å²) in [4.78, 5) is 31.1. The van der Waals surface area contributed by atoms with Gasteiger partial charge >= 0.3 is 0 Å². The third kappa shape index (κ3) is 5.45. The Hall–Kier alpha value is -4.34. The maximum atomic E-state index is 13.5. The van der Waals surface area contributed by atoms with Gasteiger partial charge in [0.2, 0.25) is 5.95 Å². The smallest absolute Gasteiger partial charge is 0.258 e. The Balaban J connectivity index is 1.28. The minimum absolute atomic E-state index is 0.0250.